The van der Waals surface area contributed by atoms with Crippen molar-refractivity contribution >= 4 is 5.82 Å². The summed E-state index contributed by atoms with van der Waals surface area (Å²) in [5, 5.41) is 4.36. The summed E-state index contributed by atoms with van der Waals surface area (Å²) in [5.41, 5.74) is 1.03. The maximum atomic E-state index is 4.55. The zero-order valence-corrected chi connectivity index (χ0v) is 11.6. The van der Waals surface area contributed by atoms with Crippen LogP contribution in [-0.2, 0) is 6.54 Å². The Bertz CT molecular complexity index is 385. The lowest BCUT2D eigenvalue weighted by Gasteiger charge is -2.33. The van der Waals surface area contributed by atoms with Gasteiger partial charge in [0.1, 0.15) is 11.6 Å². The molecular formula is C13H22N5-. The summed E-state index contributed by atoms with van der Waals surface area (Å²) >= 11 is 0. The topological polar surface area (TPSA) is 46.4 Å². The molecule has 5 heteroatoms. The molecule has 18 heavy (non-hydrogen) atoms. The molecule has 1 aromatic rings. The van der Waals surface area contributed by atoms with E-state index in [9.17, 15) is 0 Å². The summed E-state index contributed by atoms with van der Waals surface area (Å²) in [6.45, 7) is 9.81. The number of hydrogen-bond acceptors (Lipinski definition) is 4. The Morgan fingerprint density at radius 2 is 1.94 bits per heavy atom. The second-order valence-electron chi connectivity index (χ2n) is 4.75. The molecule has 2 heterocycles. The number of likely N-dealkylation sites (N-methyl/N-ethyl adjacent to an activating group) is 1. The highest BCUT2D eigenvalue weighted by atomic mass is 15.3. The fourth-order valence-electron chi connectivity index (χ4n) is 2.12. The summed E-state index contributed by atoms with van der Waals surface area (Å²) in [6, 6.07) is 2.08. The van der Waals surface area contributed by atoms with E-state index >= 15 is 0 Å². The molecule has 0 N–H and O–H groups in total. The van der Waals surface area contributed by atoms with Crippen molar-refractivity contribution in [3.05, 3.63) is 22.9 Å². The third kappa shape index (κ3) is 3.40. The molecule has 0 atom stereocenters. The Kier molecular flexibility index (Phi) is 4.49. The number of anilines is 1. The molecule has 0 aliphatic carbocycles. The van der Waals surface area contributed by atoms with Gasteiger partial charge in [0, 0.05) is 37.9 Å². The van der Waals surface area contributed by atoms with E-state index in [1.165, 1.54) is 0 Å². The zero-order valence-electron chi connectivity index (χ0n) is 11.6. The van der Waals surface area contributed by atoms with Crippen molar-refractivity contribution in [2.75, 3.05) is 44.7 Å². The maximum Gasteiger partial charge on any atom is 0.132 e. The molecule has 1 aromatic heterocycles. The van der Waals surface area contributed by atoms with Crippen molar-refractivity contribution in [3.63, 3.8) is 0 Å². The molecular weight excluding hydrogens is 226 g/mol. The molecule has 0 unspecified atom stereocenters. The van der Waals surface area contributed by atoms with Crippen molar-refractivity contribution in [2.45, 2.75) is 20.4 Å². The van der Waals surface area contributed by atoms with Crippen molar-refractivity contribution in [2.24, 2.45) is 0 Å². The molecule has 5 nitrogen and oxygen atoms in total. The van der Waals surface area contributed by atoms with Crippen LogP contribution in [0.2, 0.25) is 0 Å². The highest BCUT2D eigenvalue weighted by Crippen LogP contribution is 2.16. The van der Waals surface area contributed by atoms with Gasteiger partial charge in [-0.1, -0.05) is 6.92 Å². The highest BCUT2D eigenvalue weighted by molar-refractivity contribution is 5.40. The molecule has 0 spiro atoms. The average molecular weight is 248 g/mol. The summed E-state index contributed by atoms with van der Waals surface area (Å²) in [6.07, 6.45) is 0. The Balaban J connectivity index is 2.09. The van der Waals surface area contributed by atoms with E-state index < -0.39 is 0 Å². The number of aromatic nitrogens is 2. The molecule has 0 radical (unpaired) electrons. The fraction of sp³-hybridized carbons (Fsp3) is 0.692. The van der Waals surface area contributed by atoms with Crippen molar-refractivity contribution in [3.8, 4) is 0 Å². The number of aryl methyl sites for hydroxylation is 1. The molecule has 2 rings (SSSR count). The second kappa shape index (κ2) is 6.11. The molecule has 0 aromatic carbocycles. The van der Waals surface area contributed by atoms with Gasteiger partial charge in [0.25, 0.3) is 0 Å². The van der Waals surface area contributed by atoms with Gasteiger partial charge >= 0.3 is 0 Å². The Morgan fingerprint density at radius 3 is 2.61 bits per heavy atom. The molecule has 0 amide bonds. The number of piperazine rings is 1. The van der Waals surface area contributed by atoms with Gasteiger partial charge in [-0.25, -0.2) is 9.97 Å². The number of nitrogens with zero attached hydrogens (tertiary/aromatic N) is 5. The van der Waals surface area contributed by atoms with Crippen LogP contribution in [0, 0.1) is 6.92 Å². The molecule has 1 saturated heterocycles. The zero-order chi connectivity index (χ0) is 13.0. The van der Waals surface area contributed by atoms with Crippen LogP contribution in [0.25, 0.3) is 5.32 Å². The van der Waals surface area contributed by atoms with E-state index in [2.05, 4.69) is 45.1 Å². The minimum atomic E-state index is 0.695. The van der Waals surface area contributed by atoms with Crippen LogP contribution >= 0.6 is 0 Å². The predicted molar refractivity (Wildman–Crippen MR) is 74.1 cm³/mol. The molecule has 0 saturated carbocycles. The second-order valence-corrected chi connectivity index (χ2v) is 4.75. The lowest BCUT2D eigenvalue weighted by molar-refractivity contribution is 0.312. The quantitative estimate of drug-likeness (QED) is 0.808. The SMILES string of the molecule is CC[N-]Cc1cc(N2CCN(C)CC2)nc(C)n1. The van der Waals surface area contributed by atoms with Gasteiger partial charge in [-0.3, -0.25) is 0 Å². The Hall–Kier alpha value is -1.20. The Morgan fingerprint density at radius 1 is 1.22 bits per heavy atom. The Labute approximate surface area is 109 Å². The van der Waals surface area contributed by atoms with Gasteiger partial charge in [-0.05, 0) is 14.0 Å². The summed E-state index contributed by atoms with van der Waals surface area (Å²) in [4.78, 5) is 13.7. The first-order valence-electron chi connectivity index (χ1n) is 6.60. The third-order valence-corrected chi connectivity index (χ3v) is 3.20. The normalized spacial score (nSPS) is 17.2. The van der Waals surface area contributed by atoms with E-state index in [4.69, 9.17) is 0 Å². The van der Waals surface area contributed by atoms with Crippen LogP contribution in [0.1, 0.15) is 18.4 Å². The van der Waals surface area contributed by atoms with Crippen molar-refractivity contribution in [1.29, 1.82) is 0 Å². The minimum absolute atomic E-state index is 0.695. The van der Waals surface area contributed by atoms with Crippen LogP contribution in [-0.4, -0.2) is 54.6 Å². The highest BCUT2D eigenvalue weighted by Gasteiger charge is 2.15. The number of hydrogen-bond donors (Lipinski definition) is 0. The molecule has 1 aliphatic rings. The minimum Gasteiger partial charge on any atom is -0.657 e. The largest absolute Gasteiger partial charge is 0.657 e. The van der Waals surface area contributed by atoms with Crippen molar-refractivity contribution in [1.82, 2.24) is 14.9 Å². The van der Waals surface area contributed by atoms with E-state index in [-0.39, 0.29) is 0 Å². The van der Waals surface area contributed by atoms with E-state index in [1.54, 1.807) is 0 Å². The monoisotopic (exact) mass is 248 g/mol. The van der Waals surface area contributed by atoms with Crippen LogP contribution < -0.4 is 4.90 Å². The molecule has 1 aliphatic heterocycles. The summed E-state index contributed by atoms with van der Waals surface area (Å²) in [7, 11) is 2.16. The van der Waals surface area contributed by atoms with Crippen molar-refractivity contribution < 1.29 is 0 Å². The van der Waals surface area contributed by atoms with Gasteiger partial charge in [0.05, 0.1) is 0 Å². The third-order valence-electron chi connectivity index (χ3n) is 3.20. The van der Waals surface area contributed by atoms with Gasteiger partial charge in [0.2, 0.25) is 0 Å². The van der Waals surface area contributed by atoms with Crippen LogP contribution in [0.5, 0.6) is 0 Å². The van der Waals surface area contributed by atoms with Gasteiger partial charge in [-0.2, -0.15) is 6.54 Å². The van der Waals surface area contributed by atoms with E-state index in [0.29, 0.717) is 6.54 Å². The van der Waals surface area contributed by atoms with Gasteiger partial charge in [0.15, 0.2) is 0 Å². The average Bonchev–Trinajstić information content (AvgIpc) is 2.36. The number of rotatable bonds is 4. The first kappa shape index (κ1) is 13.2. The van der Waals surface area contributed by atoms with Crippen LogP contribution in [0.3, 0.4) is 0 Å². The lowest BCUT2D eigenvalue weighted by atomic mass is 10.3. The lowest BCUT2D eigenvalue weighted by Crippen LogP contribution is -2.44. The first-order chi connectivity index (χ1) is 8.69. The first-order valence-corrected chi connectivity index (χ1v) is 6.60. The molecule has 1 fully saturated rings. The summed E-state index contributed by atoms with van der Waals surface area (Å²) in [5.74, 6) is 1.89. The fourth-order valence-corrected chi connectivity index (χ4v) is 2.12. The predicted octanol–water partition coefficient (Wildman–Crippen LogP) is 1.43. The smallest absolute Gasteiger partial charge is 0.132 e. The molecule has 100 valence electrons. The van der Waals surface area contributed by atoms with Crippen LogP contribution in [0.4, 0.5) is 5.82 Å². The standard InChI is InChI=1S/C13H22N5/c1-4-14-10-12-9-13(16-11(2)15-12)18-7-5-17(3)6-8-18/h9H,4-8,10H2,1-3H3/q-1. The van der Waals surface area contributed by atoms with Gasteiger partial charge in [-0.15, -0.1) is 6.54 Å². The van der Waals surface area contributed by atoms with E-state index in [1.807, 2.05) is 6.92 Å². The van der Waals surface area contributed by atoms with Crippen LogP contribution in [0.15, 0.2) is 6.07 Å². The molecule has 0 bridgehead atoms. The summed E-state index contributed by atoms with van der Waals surface area (Å²) < 4.78 is 0. The van der Waals surface area contributed by atoms with Gasteiger partial charge < -0.3 is 15.1 Å². The maximum absolute atomic E-state index is 4.55. The van der Waals surface area contributed by atoms with E-state index in [0.717, 1.165) is 50.1 Å².